The standard InChI is InChI=1S/C7H13NOS2.C6H15N/c9-6-3-1-5(2-4-6)8-7(10)11;1-4-7(5-2)6-3/h5-6,9H,1-4H2,(H2,8,10,11);4-6H2,1-3H3. The number of aliphatic hydroxyl groups excluding tert-OH is 1. The van der Waals surface area contributed by atoms with Crippen molar-refractivity contribution in [2.75, 3.05) is 19.6 Å². The summed E-state index contributed by atoms with van der Waals surface area (Å²) in [5, 5.41) is 12.2. The summed E-state index contributed by atoms with van der Waals surface area (Å²) in [4.78, 5) is 1.68. The van der Waals surface area contributed by atoms with Crippen LogP contribution < -0.4 is 10.2 Å². The summed E-state index contributed by atoms with van der Waals surface area (Å²) in [6, 6.07) is 0.406. The highest BCUT2D eigenvalue weighted by Crippen LogP contribution is 2.17. The summed E-state index contributed by atoms with van der Waals surface area (Å²) in [6.45, 7) is 10.5. The number of rotatable bonds is 4. The summed E-state index contributed by atoms with van der Waals surface area (Å²) in [5.41, 5.74) is 0. The molecule has 1 fully saturated rings. The van der Waals surface area contributed by atoms with E-state index in [-0.39, 0.29) is 6.10 Å². The Labute approximate surface area is 123 Å². The zero-order chi connectivity index (χ0) is 14.0. The molecule has 3 nitrogen and oxygen atoms in total. The Hall–Kier alpha value is 0.0300. The number of aliphatic hydroxyl groups is 1. The second-order valence-electron chi connectivity index (χ2n) is 4.75. The van der Waals surface area contributed by atoms with Crippen molar-refractivity contribution in [2.24, 2.45) is 0 Å². The lowest BCUT2D eigenvalue weighted by atomic mass is 9.93. The van der Waals surface area contributed by atoms with E-state index in [1.807, 2.05) is 0 Å². The van der Waals surface area contributed by atoms with E-state index in [1.165, 1.54) is 19.6 Å². The Kier molecular flexibility index (Phi) is 10.9. The van der Waals surface area contributed by atoms with Gasteiger partial charge in [-0.3, -0.25) is 0 Å². The van der Waals surface area contributed by atoms with Gasteiger partial charge in [-0.25, -0.2) is 0 Å². The maximum Gasteiger partial charge on any atom is 0.0742 e. The van der Waals surface area contributed by atoms with Crippen LogP contribution in [0.1, 0.15) is 46.5 Å². The predicted octanol–water partition coefficient (Wildman–Crippen LogP) is 0.642. The molecule has 0 saturated heterocycles. The zero-order valence-electron chi connectivity index (χ0n) is 11.9. The third kappa shape index (κ3) is 9.03. The lowest BCUT2D eigenvalue weighted by Gasteiger charge is -2.28. The van der Waals surface area contributed by atoms with Crippen LogP contribution in [0.5, 0.6) is 0 Å². The van der Waals surface area contributed by atoms with Crippen LogP contribution in [-0.2, 0) is 12.6 Å². The van der Waals surface area contributed by atoms with Crippen molar-refractivity contribution in [3.63, 3.8) is 0 Å². The lowest BCUT2D eigenvalue weighted by Crippen LogP contribution is -3.11. The van der Waals surface area contributed by atoms with Crippen LogP contribution in [0.15, 0.2) is 0 Å². The van der Waals surface area contributed by atoms with Gasteiger partial charge in [0.15, 0.2) is 0 Å². The molecule has 5 heteroatoms. The second-order valence-corrected chi connectivity index (χ2v) is 5.82. The summed E-state index contributed by atoms with van der Waals surface area (Å²) >= 11 is 9.49. The van der Waals surface area contributed by atoms with Crippen LogP contribution >= 0.6 is 12.2 Å². The fraction of sp³-hybridized carbons (Fsp3) is 0.923. The van der Waals surface area contributed by atoms with E-state index in [0.717, 1.165) is 25.7 Å². The second kappa shape index (κ2) is 10.9. The molecule has 1 aliphatic rings. The smallest absolute Gasteiger partial charge is 0.0742 e. The summed E-state index contributed by atoms with van der Waals surface area (Å²) in [5.74, 6) is 0. The van der Waals surface area contributed by atoms with Gasteiger partial charge >= 0.3 is 0 Å². The van der Waals surface area contributed by atoms with Gasteiger partial charge in [-0.05, 0) is 46.5 Å². The quantitative estimate of drug-likeness (QED) is 0.525. The molecule has 1 aliphatic carbocycles. The monoisotopic (exact) mass is 292 g/mol. The third-order valence-corrected chi connectivity index (χ3v) is 3.75. The Bertz CT molecular complexity index is 210. The predicted molar refractivity (Wildman–Crippen MR) is 83.9 cm³/mol. The fourth-order valence-electron chi connectivity index (χ4n) is 2.14. The van der Waals surface area contributed by atoms with Gasteiger partial charge in [0, 0.05) is 6.04 Å². The van der Waals surface area contributed by atoms with Crippen molar-refractivity contribution >= 4 is 29.2 Å². The molecule has 0 aromatic carbocycles. The maximum absolute atomic E-state index is 9.17. The van der Waals surface area contributed by atoms with E-state index >= 15 is 0 Å². The lowest BCUT2D eigenvalue weighted by molar-refractivity contribution is -0.894. The topological polar surface area (TPSA) is 36.7 Å². The van der Waals surface area contributed by atoms with E-state index in [1.54, 1.807) is 4.90 Å². The minimum atomic E-state index is -0.105. The summed E-state index contributed by atoms with van der Waals surface area (Å²) < 4.78 is 0.450. The Morgan fingerprint density at radius 1 is 1.17 bits per heavy atom. The third-order valence-electron chi connectivity index (χ3n) is 3.52. The molecule has 0 aromatic heterocycles. The minimum absolute atomic E-state index is 0.105. The van der Waals surface area contributed by atoms with Gasteiger partial charge in [-0.15, -0.1) is 0 Å². The molecule has 0 atom stereocenters. The van der Waals surface area contributed by atoms with Crippen molar-refractivity contribution in [3.8, 4) is 0 Å². The number of nitrogens with one attached hydrogen (secondary N) is 2. The largest absolute Gasteiger partial charge is 0.412 e. The highest BCUT2D eigenvalue weighted by Gasteiger charge is 2.17. The van der Waals surface area contributed by atoms with Crippen LogP contribution in [0, 0.1) is 0 Å². The van der Waals surface area contributed by atoms with Crippen LogP contribution in [0.25, 0.3) is 0 Å². The van der Waals surface area contributed by atoms with Gasteiger partial charge in [0.1, 0.15) is 0 Å². The molecule has 0 spiro atoms. The van der Waals surface area contributed by atoms with Crippen molar-refractivity contribution < 1.29 is 10.0 Å². The highest BCUT2D eigenvalue weighted by atomic mass is 32.1. The number of thiocarbonyl (C=S) groups is 1. The first-order chi connectivity index (χ1) is 8.53. The molecule has 0 heterocycles. The average molecular weight is 293 g/mol. The number of hydrogen-bond acceptors (Lipinski definition) is 3. The van der Waals surface area contributed by atoms with E-state index in [4.69, 9.17) is 24.8 Å². The molecule has 108 valence electrons. The molecule has 0 aliphatic heterocycles. The van der Waals surface area contributed by atoms with Gasteiger partial charge in [-0.1, -0.05) is 4.32 Å². The van der Waals surface area contributed by atoms with Crippen molar-refractivity contribution in [1.29, 1.82) is 0 Å². The molecule has 1 saturated carbocycles. The van der Waals surface area contributed by atoms with Crippen LogP contribution in [0.2, 0.25) is 0 Å². The first-order valence-corrected chi connectivity index (χ1v) is 7.84. The molecule has 0 unspecified atom stereocenters. The Morgan fingerprint density at radius 3 is 1.89 bits per heavy atom. The van der Waals surface area contributed by atoms with Gasteiger partial charge < -0.3 is 40.2 Å². The van der Waals surface area contributed by atoms with Crippen molar-refractivity contribution in [1.82, 2.24) is 5.32 Å². The summed E-state index contributed by atoms with van der Waals surface area (Å²) in [6.07, 6.45) is 3.60. The molecule has 0 amide bonds. The Morgan fingerprint density at radius 2 is 1.61 bits per heavy atom. The Balaban J connectivity index is 0.000000360. The van der Waals surface area contributed by atoms with Gasteiger partial charge in [-0.2, -0.15) is 0 Å². The zero-order valence-corrected chi connectivity index (χ0v) is 13.5. The van der Waals surface area contributed by atoms with Gasteiger partial charge in [0.25, 0.3) is 0 Å². The molecule has 3 N–H and O–H groups in total. The molecule has 0 aromatic rings. The average Bonchev–Trinajstić information content (AvgIpc) is 2.35. The van der Waals surface area contributed by atoms with E-state index < -0.39 is 0 Å². The van der Waals surface area contributed by atoms with Crippen molar-refractivity contribution in [3.05, 3.63) is 0 Å². The van der Waals surface area contributed by atoms with E-state index in [2.05, 4.69) is 26.1 Å². The molecular formula is C13H28N2OS2. The van der Waals surface area contributed by atoms with Crippen LogP contribution in [0.4, 0.5) is 0 Å². The highest BCUT2D eigenvalue weighted by molar-refractivity contribution is 8.00. The molecule has 0 bridgehead atoms. The minimum Gasteiger partial charge on any atom is -0.412 e. The van der Waals surface area contributed by atoms with Gasteiger partial charge in [0.2, 0.25) is 0 Å². The van der Waals surface area contributed by atoms with Crippen LogP contribution in [0.3, 0.4) is 0 Å². The number of hydrogen-bond donors (Lipinski definition) is 3. The molecular weight excluding hydrogens is 264 g/mol. The van der Waals surface area contributed by atoms with E-state index in [9.17, 15) is 5.11 Å². The van der Waals surface area contributed by atoms with Crippen LogP contribution in [-0.4, -0.2) is 41.2 Å². The molecule has 1 rings (SSSR count). The first kappa shape index (κ1) is 18.0. The first-order valence-electron chi connectivity index (χ1n) is 7.02. The SMILES string of the molecule is CC[NH+](CC)CC.OC1CCC(NC(=S)[S-])CC1. The van der Waals surface area contributed by atoms with E-state index in [0.29, 0.717) is 10.4 Å². The van der Waals surface area contributed by atoms with Crippen molar-refractivity contribution in [2.45, 2.75) is 58.6 Å². The number of quaternary nitrogens is 1. The molecule has 0 radical (unpaired) electrons. The summed E-state index contributed by atoms with van der Waals surface area (Å²) in [7, 11) is 0. The van der Waals surface area contributed by atoms with Gasteiger partial charge in [0.05, 0.1) is 25.7 Å². The molecule has 18 heavy (non-hydrogen) atoms. The maximum atomic E-state index is 9.17. The fourth-order valence-corrected chi connectivity index (χ4v) is 2.47. The normalized spacial score (nSPS) is 23.2.